The predicted molar refractivity (Wildman–Crippen MR) is 63.9 cm³/mol. The number of aryl methyl sites for hydroxylation is 1. The molecule has 0 bridgehead atoms. The molecular formula is C12H14N2O2S. The van der Waals surface area contributed by atoms with Gasteiger partial charge in [-0.1, -0.05) is 6.07 Å². The Labute approximate surface area is 101 Å². The molecule has 0 aliphatic carbocycles. The van der Waals surface area contributed by atoms with Crippen molar-refractivity contribution in [2.24, 2.45) is 0 Å². The lowest BCUT2D eigenvalue weighted by atomic mass is 9.98. The van der Waals surface area contributed by atoms with Crippen molar-refractivity contribution in [1.29, 1.82) is 5.26 Å². The summed E-state index contributed by atoms with van der Waals surface area (Å²) in [5, 5.41) is 9.18. The molecule has 1 aromatic heterocycles. The topological polar surface area (TPSA) is 70.8 Å². The second-order valence-electron chi connectivity index (χ2n) is 4.35. The summed E-state index contributed by atoms with van der Waals surface area (Å²) in [6.07, 6.45) is 3.62. The Hall–Kier alpha value is -1.41. The minimum Gasteiger partial charge on any atom is -0.261 e. The number of nitriles is 1. The van der Waals surface area contributed by atoms with Gasteiger partial charge in [-0.2, -0.15) is 5.26 Å². The van der Waals surface area contributed by atoms with Crippen molar-refractivity contribution in [1.82, 2.24) is 4.98 Å². The van der Waals surface area contributed by atoms with E-state index in [0.717, 1.165) is 5.69 Å². The Morgan fingerprint density at radius 1 is 1.47 bits per heavy atom. The highest BCUT2D eigenvalue weighted by molar-refractivity contribution is 7.93. The van der Waals surface area contributed by atoms with Crippen LogP contribution in [-0.2, 0) is 16.3 Å². The van der Waals surface area contributed by atoms with E-state index in [1.165, 1.54) is 0 Å². The van der Waals surface area contributed by atoms with Gasteiger partial charge in [-0.25, -0.2) is 8.42 Å². The quantitative estimate of drug-likeness (QED) is 0.814. The maximum Gasteiger partial charge on any atom is 0.169 e. The zero-order valence-corrected chi connectivity index (χ0v) is 10.3. The summed E-state index contributed by atoms with van der Waals surface area (Å²) >= 11 is 0. The first-order chi connectivity index (χ1) is 8.10. The first-order valence-corrected chi connectivity index (χ1v) is 7.28. The SMILES string of the molecule is N#CC1(CCc2ccccn2)CCCS1(=O)=O. The summed E-state index contributed by atoms with van der Waals surface area (Å²) < 4.78 is 22.6. The third kappa shape index (κ3) is 2.18. The highest BCUT2D eigenvalue weighted by Gasteiger charge is 2.47. The molecular weight excluding hydrogens is 236 g/mol. The monoisotopic (exact) mass is 250 g/mol. The van der Waals surface area contributed by atoms with Gasteiger partial charge in [0.1, 0.15) is 0 Å². The molecule has 0 N–H and O–H groups in total. The maximum absolute atomic E-state index is 11.9. The van der Waals surface area contributed by atoms with E-state index in [2.05, 4.69) is 4.98 Å². The van der Waals surface area contributed by atoms with Gasteiger partial charge in [0.25, 0.3) is 0 Å². The molecule has 2 rings (SSSR count). The van der Waals surface area contributed by atoms with Crippen LogP contribution in [0.3, 0.4) is 0 Å². The minimum absolute atomic E-state index is 0.142. The first kappa shape index (κ1) is 12.1. The zero-order valence-electron chi connectivity index (χ0n) is 9.46. The van der Waals surface area contributed by atoms with Gasteiger partial charge >= 0.3 is 0 Å². The molecule has 1 saturated heterocycles. The Bertz CT molecular complexity index is 533. The van der Waals surface area contributed by atoms with E-state index in [4.69, 9.17) is 0 Å². The fraction of sp³-hybridized carbons (Fsp3) is 0.500. The Morgan fingerprint density at radius 3 is 2.82 bits per heavy atom. The lowest BCUT2D eigenvalue weighted by Crippen LogP contribution is -2.33. The highest BCUT2D eigenvalue weighted by Crippen LogP contribution is 2.35. The summed E-state index contributed by atoms with van der Waals surface area (Å²) in [5.41, 5.74) is 0.837. The van der Waals surface area contributed by atoms with E-state index >= 15 is 0 Å². The van der Waals surface area contributed by atoms with Gasteiger partial charge in [-0.15, -0.1) is 0 Å². The summed E-state index contributed by atoms with van der Waals surface area (Å²) in [6, 6.07) is 7.56. The molecule has 0 saturated carbocycles. The molecule has 0 radical (unpaired) electrons. The molecule has 1 aliphatic heterocycles. The third-order valence-corrected chi connectivity index (χ3v) is 5.82. The van der Waals surface area contributed by atoms with Crippen LogP contribution in [0.25, 0.3) is 0 Å². The molecule has 0 spiro atoms. The maximum atomic E-state index is 11.9. The zero-order chi connectivity index (χ0) is 12.4. The van der Waals surface area contributed by atoms with Gasteiger partial charge in [0.15, 0.2) is 14.6 Å². The highest BCUT2D eigenvalue weighted by atomic mass is 32.2. The molecule has 1 aliphatic rings. The minimum atomic E-state index is -3.26. The lowest BCUT2D eigenvalue weighted by Gasteiger charge is -2.18. The molecule has 1 fully saturated rings. The lowest BCUT2D eigenvalue weighted by molar-refractivity contribution is 0.545. The van der Waals surface area contributed by atoms with Crippen LogP contribution in [0.15, 0.2) is 24.4 Å². The van der Waals surface area contributed by atoms with Crippen LogP contribution < -0.4 is 0 Å². The molecule has 2 heterocycles. The van der Waals surface area contributed by atoms with E-state index in [1.807, 2.05) is 24.3 Å². The van der Waals surface area contributed by atoms with Gasteiger partial charge in [-0.3, -0.25) is 4.98 Å². The summed E-state index contributed by atoms with van der Waals surface area (Å²) in [5.74, 6) is 0.142. The van der Waals surface area contributed by atoms with Crippen molar-refractivity contribution >= 4 is 9.84 Å². The number of nitrogens with zero attached hydrogens (tertiary/aromatic N) is 2. The Balaban J connectivity index is 2.15. The average Bonchev–Trinajstić information content (AvgIpc) is 2.64. The van der Waals surface area contributed by atoms with Gasteiger partial charge in [0.2, 0.25) is 0 Å². The second-order valence-corrected chi connectivity index (χ2v) is 6.77. The van der Waals surface area contributed by atoms with Gasteiger partial charge < -0.3 is 0 Å². The molecule has 1 unspecified atom stereocenters. The van der Waals surface area contributed by atoms with Crippen LogP contribution in [0.5, 0.6) is 0 Å². The molecule has 0 amide bonds. The number of rotatable bonds is 3. The van der Waals surface area contributed by atoms with E-state index in [1.54, 1.807) is 6.20 Å². The number of sulfone groups is 1. The van der Waals surface area contributed by atoms with Crippen LogP contribution in [0.1, 0.15) is 25.0 Å². The van der Waals surface area contributed by atoms with Gasteiger partial charge in [-0.05, 0) is 37.8 Å². The smallest absolute Gasteiger partial charge is 0.169 e. The van der Waals surface area contributed by atoms with Crippen LogP contribution in [0.2, 0.25) is 0 Å². The van der Waals surface area contributed by atoms with Crippen molar-refractivity contribution in [3.05, 3.63) is 30.1 Å². The number of pyridine rings is 1. The van der Waals surface area contributed by atoms with Gasteiger partial charge in [0, 0.05) is 11.9 Å². The molecule has 1 atom stereocenters. The van der Waals surface area contributed by atoms with Crippen LogP contribution in [-0.4, -0.2) is 23.9 Å². The molecule has 4 nitrogen and oxygen atoms in total. The predicted octanol–water partition coefficient (Wildman–Crippen LogP) is 1.49. The average molecular weight is 250 g/mol. The van der Waals surface area contributed by atoms with Crippen LogP contribution >= 0.6 is 0 Å². The van der Waals surface area contributed by atoms with E-state index in [9.17, 15) is 13.7 Å². The molecule has 17 heavy (non-hydrogen) atoms. The summed E-state index contributed by atoms with van der Waals surface area (Å²) in [6.45, 7) is 0. The largest absolute Gasteiger partial charge is 0.261 e. The first-order valence-electron chi connectivity index (χ1n) is 5.63. The summed E-state index contributed by atoms with van der Waals surface area (Å²) in [7, 11) is -3.26. The standard InChI is InChI=1S/C12H14N2O2S/c13-10-12(6-3-9-17(12,15)16)7-5-11-4-1-2-8-14-11/h1-2,4,8H,3,5-7,9H2. The number of hydrogen-bond acceptors (Lipinski definition) is 4. The Morgan fingerprint density at radius 2 is 2.29 bits per heavy atom. The summed E-state index contributed by atoms with van der Waals surface area (Å²) in [4.78, 5) is 4.15. The fourth-order valence-corrected chi connectivity index (χ4v) is 4.16. The number of aromatic nitrogens is 1. The Kier molecular flexibility index (Phi) is 3.16. The van der Waals surface area contributed by atoms with E-state index < -0.39 is 14.6 Å². The van der Waals surface area contributed by atoms with Crippen molar-refractivity contribution in [3.63, 3.8) is 0 Å². The van der Waals surface area contributed by atoms with E-state index in [-0.39, 0.29) is 5.75 Å². The molecule has 1 aromatic rings. The van der Waals surface area contributed by atoms with E-state index in [0.29, 0.717) is 25.7 Å². The van der Waals surface area contributed by atoms with Crippen molar-refractivity contribution in [2.45, 2.75) is 30.4 Å². The molecule has 0 aromatic carbocycles. The number of hydrogen-bond donors (Lipinski definition) is 0. The van der Waals surface area contributed by atoms with Crippen molar-refractivity contribution < 1.29 is 8.42 Å². The van der Waals surface area contributed by atoms with Crippen LogP contribution in [0.4, 0.5) is 0 Å². The van der Waals surface area contributed by atoms with Gasteiger partial charge in [0.05, 0.1) is 11.8 Å². The van der Waals surface area contributed by atoms with Crippen LogP contribution in [0, 0.1) is 11.3 Å². The van der Waals surface area contributed by atoms with Crippen molar-refractivity contribution in [2.75, 3.05) is 5.75 Å². The fourth-order valence-electron chi connectivity index (χ4n) is 2.24. The van der Waals surface area contributed by atoms with Crippen molar-refractivity contribution in [3.8, 4) is 6.07 Å². The molecule has 90 valence electrons. The second kappa shape index (κ2) is 4.46. The third-order valence-electron chi connectivity index (χ3n) is 3.30. The normalized spacial score (nSPS) is 26.5. The molecule has 5 heteroatoms.